The second kappa shape index (κ2) is 6.55. The first-order valence-corrected chi connectivity index (χ1v) is 9.63. The summed E-state index contributed by atoms with van der Waals surface area (Å²) in [4.78, 5) is 31.8. The van der Waals surface area contributed by atoms with Crippen molar-refractivity contribution in [1.82, 2.24) is 14.9 Å². The summed E-state index contributed by atoms with van der Waals surface area (Å²) in [6, 6.07) is 2.26. The van der Waals surface area contributed by atoms with E-state index in [4.69, 9.17) is 4.98 Å². The van der Waals surface area contributed by atoms with Gasteiger partial charge in [-0.3, -0.25) is 14.2 Å². The highest BCUT2D eigenvalue weighted by Crippen LogP contribution is 2.22. The van der Waals surface area contributed by atoms with Crippen molar-refractivity contribution < 1.29 is 4.79 Å². The predicted octanol–water partition coefficient (Wildman–Crippen LogP) is 2.12. The number of carbonyl (C=O) groups is 1. The molecule has 1 amide bonds. The van der Waals surface area contributed by atoms with Crippen molar-refractivity contribution in [1.29, 1.82) is 0 Å². The largest absolute Gasteiger partial charge is 0.353 e. The highest BCUT2D eigenvalue weighted by atomic mass is 32.1. The van der Waals surface area contributed by atoms with Crippen LogP contribution in [0, 0.1) is 0 Å². The molecule has 128 valence electrons. The second-order valence-electron chi connectivity index (χ2n) is 6.64. The molecule has 3 heterocycles. The minimum atomic E-state index is -0.0187. The fourth-order valence-corrected chi connectivity index (χ4v) is 3.99. The smallest absolute Gasteiger partial charge is 0.272 e. The molecule has 0 atom stereocenters. The first-order valence-electron chi connectivity index (χ1n) is 8.75. The van der Waals surface area contributed by atoms with Gasteiger partial charge in [-0.05, 0) is 43.6 Å². The summed E-state index contributed by atoms with van der Waals surface area (Å²) in [5, 5.41) is 4.89. The molecular formula is C17H22N4O2S. The Kier molecular flexibility index (Phi) is 4.26. The van der Waals surface area contributed by atoms with Crippen molar-refractivity contribution in [2.45, 2.75) is 51.1 Å². The van der Waals surface area contributed by atoms with Gasteiger partial charge < -0.3 is 10.2 Å². The van der Waals surface area contributed by atoms with Gasteiger partial charge in [0.05, 0.1) is 5.52 Å². The van der Waals surface area contributed by atoms with Gasteiger partial charge in [0.25, 0.3) is 5.56 Å². The normalized spacial score (nSPS) is 18.1. The second-order valence-corrected chi connectivity index (χ2v) is 7.56. The minimum Gasteiger partial charge on any atom is -0.353 e. The number of hydrogen-bond donors (Lipinski definition) is 1. The Morgan fingerprint density at radius 3 is 2.83 bits per heavy atom. The van der Waals surface area contributed by atoms with E-state index in [1.807, 2.05) is 11.4 Å². The minimum absolute atomic E-state index is 0.0187. The van der Waals surface area contributed by atoms with Crippen LogP contribution in [0.2, 0.25) is 0 Å². The van der Waals surface area contributed by atoms with Crippen LogP contribution in [0.25, 0.3) is 10.2 Å². The van der Waals surface area contributed by atoms with Crippen LogP contribution in [0.15, 0.2) is 16.2 Å². The summed E-state index contributed by atoms with van der Waals surface area (Å²) in [5.41, 5.74) is 0.749. The van der Waals surface area contributed by atoms with Crippen LogP contribution in [-0.4, -0.2) is 34.6 Å². The van der Waals surface area contributed by atoms with Gasteiger partial charge in [0.2, 0.25) is 11.9 Å². The molecule has 1 aliphatic heterocycles. The molecule has 1 saturated heterocycles. The SMILES string of the molecule is O=C(CCn1c(N2CCCCC2)nc2ccsc2c1=O)NC1CC1. The topological polar surface area (TPSA) is 67.2 Å². The summed E-state index contributed by atoms with van der Waals surface area (Å²) in [5.74, 6) is 0.755. The van der Waals surface area contributed by atoms with Gasteiger partial charge in [-0.1, -0.05) is 0 Å². The van der Waals surface area contributed by atoms with Gasteiger partial charge in [-0.2, -0.15) is 0 Å². The fourth-order valence-electron chi connectivity index (χ4n) is 3.21. The summed E-state index contributed by atoms with van der Waals surface area (Å²) in [6.07, 6.45) is 5.96. The molecule has 2 aromatic heterocycles. The molecular weight excluding hydrogens is 324 g/mol. The molecule has 0 bridgehead atoms. The lowest BCUT2D eigenvalue weighted by molar-refractivity contribution is -0.121. The highest BCUT2D eigenvalue weighted by Gasteiger charge is 2.24. The summed E-state index contributed by atoms with van der Waals surface area (Å²) in [7, 11) is 0. The number of nitrogens with zero attached hydrogens (tertiary/aromatic N) is 3. The van der Waals surface area contributed by atoms with Crippen molar-refractivity contribution in [3.63, 3.8) is 0 Å². The van der Waals surface area contributed by atoms with Crippen molar-refractivity contribution in [3.8, 4) is 0 Å². The maximum absolute atomic E-state index is 12.9. The summed E-state index contributed by atoms with van der Waals surface area (Å²) < 4.78 is 2.38. The Balaban J connectivity index is 1.63. The lowest BCUT2D eigenvalue weighted by atomic mass is 10.1. The number of amides is 1. The quantitative estimate of drug-likeness (QED) is 0.900. The van der Waals surface area contributed by atoms with Crippen molar-refractivity contribution >= 4 is 33.4 Å². The Labute approximate surface area is 144 Å². The number of carbonyl (C=O) groups excluding carboxylic acids is 1. The van der Waals surface area contributed by atoms with Crippen LogP contribution in [0.3, 0.4) is 0 Å². The molecule has 0 radical (unpaired) electrons. The van der Waals surface area contributed by atoms with E-state index in [0.717, 1.165) is 50.2 Å². The Morgan fingerprint density at radius 1 is 1.29 bits per heavy atom. The molecule has 0 aromatic carbocycles. The van der Waals surface area contributed by atoms with Crippen LogP contribution in [0.4, 0.5) is 5.95 Å². The van der Waals surface area contributed by atoms with E-state index in [0.29, 0.717) is 23.7 Å². The Hall–Kier alpha value is -1.89. The number of nitrogens with one attached hydrogen (secondary N) is 1. The average molecular weight is 346 g/mol. The lowest BCUT2D eigenvalue weighted by Gasteiger charge is -2.29. The molecule has 7 heteroatoms. The molecule has 0 spiro atoms. The van der Waals surface area contributed by atoms with Crippen molar-refractivity contribution in [3.05, 3.63) is 21.8 Å². The molecule has 2 fully saturated rings. The Bertz CT molecular complexity index is 803. The number of rotatable bonds is 5. The Morgan fingerprint density at radius 2 is 2.08 bits per heavy atom. The third-order valence-corrected chi connectivity index (χ3v) is 5.58. The van der Waals surface area contributed by atoms with Gasteiger partial charge in [0, 0.05) is 32.1 Å². The molecule has 0 unspecified atom stereocenters. The zero-order valence-corrected chi connectivity index (χ0v) is 14.5. The highest BCUT2D eigenvalue weighted by molar-refractivity contribution is 7.17. The first kappa shape index (κ1) is 15.6. The van der Waals surface area contributed by atoms with Gasteiger partial charge in [-0.25, -0.2) is 4.98 Å². The maximum Gasteiger partial charge on any atom is 0.272 e. The standard InChI is InChI=1S/C17H22N4O2S/c22-14(18-12-4-5-12)6-10-21-16(23)15-13(7-11-24-15)19-17(21)20-8-2-1-3-9-20/h7,11-12H,1-6,8-10H2,(H,18,22). The van der Waals surface area contributed by atoms with E-state index in [1.165, 1.54) is 17.8 Å². The number of thiophene rings is 1. The first-order chi connectivity index (χ1) is 11.7. The average Bonchev–Trinajstić information content (AvgIpc) is 3.27. The van der Waals surface area contributed by atoms with Crippen LogP contribution < -0.4 is 15.8 Å². The molecule has 24 heavy (non-hydrogen) atoms. The van der Waals surface area contributed by atoms with Gasteiger partial charge >= 0.3 is 0 Å². The van der Waals surface area contributed by atoms with E-state index in [9.17, 15) is 9.59 Å². The molecule has 4 rings (SSSR count). The third kappa shape index (κ3) is 3.17. The molecule has 1 N–H and O–H groups in total. The van der Waals surface area contributed by atoms with E-state index < -0.39 is 0 Å². The van der Waals surface area contributed by atoms with Gasteiger partial charge in [-0.15, -0.1) is 11.3 Å². The predicted molar refractivity (Wildman–Crippen MR) is 95.7 cm³/mol. The molecule has 6 nitrogen and oxygen atoms in total. The van der Waals surface area contributed by atoms with E-state index in [-0.39, 0.29) is 11.5 Å². The number of hydrogen-bond acceptors (Lipinski definition) is 5. The monoisotopic (exact) mass is 346 g/mol. The van der Waals surface area contributed by atoms with Crippen molar-refractivity contribution in [2.24, 2.45) is 0 Å². The van der Waals surface area contributed by atoms with Crippen LogP contribution >= 0.6 is 11.3 Å². The zero-order chi connectivity index (χ0) is 16.5. The molecule has 2 aromatic rings. The number of aromatic nitrogens is 2. The van der Waals surface area contributed by atoms with Crippen LogP contribution in [0.5, 0.6) is 0 Å². The number of anilines is 1. The summed E-state index contributed by atoms with van der Waals surface area (Å²) >= 11 is 1.42. The van der Waals surface area contributed by atoms with Gasteiger partial charge in [0.15, 0.2) is 0 Å². The van der Waals surface area contributed by atoms with Gasteiger partial charge in [0.1, 0.15) is 4.70 Å². The number of fused-ring (bicyclic) bond motifs is 1. The third-order valence-electron chi connectivity index (χ3n) is 4.69. The zero-order valence-electron chi connectivity index (χ0n) is 13.7. The molecule has 1 aliphatic carbocycles. The van der Waals surface area contributed by atoms with Crippen molar-refractivity contribution in [2.75, 3.05) is 18.0 Å². The molecule has 2 aliphatic rings. The number of piperidine rings is 1. The van der Waals surface area contributed by atoms with Crippen LogP contribution in [-0.2, 0) is 11.3 Å². The van der Waals surface area contributed by atoms with E-state index in [2.05, 4.69) is 10.2 Å². The lowest BCUT2D eigenvalue weighted by Crippen LogP contribution is -2.37. The van der Waals surface area contributed by atoms with E-state index >= 15 is 0 Å². The summed E-state index contributed by atoms with van der Waals surface area (Å²) in [6.45, 7) is 2.25. The fraction of sp³-hybridized carbons (Fsp3) is 0.588. The molecule has 1 saturated carbocycles. The maximum atomic E-state index is 12.9. The van der Waals surface area contributed by atoms with Crippen LogP contribution in [0.1, 0.15) is 38.5 Å². The van der Waals surface area contributed by atoms with E-state index in [1.54, 1.807) is 4.57 Å².